The third-order valence-corrected chi connectivity index (χ3v) is 2.03. The smallest absolute Gasteiger partial charge is 0.137 e. The topological polar surface area (TPSA) is 29.5 Å². The first kappa shape index (κ1) is 10.4. The summed E-state index contributed by atoms with van der Waals surface area (Å²) < 4.78 is 5.26. The minimum absolute atomic E-state index is 0.492. The maximum absolute atomic E-state index is 9.27. The lowest BCUT2D eigenvalue weighted by molar-refractivity contribution is 0.199. The van der Waals surface area contributed by atoms with Crippen LogP contribution in [0.3, 0.4) is 0 Å². The molecule has 2 nitrogen and oxygen atoms in total. The summed E-state index contributed by atoms with van der Waals surface area (Å²) in [7, 11) is 0. The molecule has 0 fully saturated rings. The molecule has 0 aliphatic carbocycles. The second-order valence-corrected chi connectivity index (χ2v) is 3.21. The van der Waals surface area contributed by atoms with Crippen LogP contribution in [-0.4, -0.2) is 11.7 Å². The van der Waals surface area contributed by atoms with Crippen molar-refractivity contribution < 1.29 is 9.84 Å². The van der Waals surface area contributed by atoms with Crippen LogP contribution in [0.2, 0.25) is 5.02 Å². The lowest BCUT2D eigenvalue weighted by atomic mass is 10.1. The Bertz CT molecular complexity index is 284. The molecule has 0 aliphatic heterocycles. The fraction of sp³-hybridized carbons (Fsp3) is 0.400. The zero-order valence-electron chi connectivity index (χ0n) is 7.75. The molecule has 1 atom stereocenters. The van der Waals surface area contributed by atoms with Gasteiger partial charge in [-0.3, -0.25) is 0 Å². The van der Waals surface area contributed by atoms with Crippen molar-refractivity contribution in [3.8, 4) is 5.75 Å². The van der Waals surface area contributed by atoms with Crippen molar-refractivity contribution in [1.82, 2.24) is 0 Å². The first-order chi connectivity index (χ1) is 6.15. The highest BCUT2D eigenvalue weighted by Gasteiger charge is 2.05. The van der Waals surface area contributed by atoms with Crippen LogP contribution in [0, 0.1) is 0 Å². The summed E-state index contributed by atoms with van der Waals surface area (Å²) in [5.74, 6) is 0.661. The molecule has 0 heterocycles. The molecule has 1 aromatic rings. The lowest BCUT2D eigenvalue weighted by Crippen LogP contribution is -1.95. The van der Waals surface area contributed by atoms with E-state index < -0.39 is 6.10 Å². The van der Waals surface area contributed by atoms with E-state index in [0.29, 0.717) is 17.4 Å². The summed E-state index contributed by atoms with van der Waals surface area (Å²) in [4.78, 5) is 0. The van der Waals surface area contributed by atoms with E-state index in [9.17, 15) is 5.11 Å². The SMILES string of the molecule is CCOc1ccc(C(C)O)cc1Cl. The number of rotatable bonds is 3. The van der Waals surface area contributed by atoms with Gasteiger partial charge in [-0.05, 0) is 31.5 Å². The molecule has 0 saturated heterocycles. The minimum atomic E-state index is -0.492. The number of hydrogen-bond donors (Lipinski definition) is 1. The van der Waals surface area contributed by atoms with Crippen molar-refractivity contribution in [1.29, 1.82) is 0 Å². The van der Waals surface area contributed by atoms with Gasteiger partial charge in [0, 0.05) is 0 Å². The van der Waals surface area contributed by atoms with Gasteiger partial charge in [0.15, 0.2) is 0 Å². The van der Waals surface area contributed by atoms with Crippen LogP contribution in [0.4, 0.5) is 0 Å². The number of benzene rings is 1. The number of ether oxygens (including phenoxy) is 1. The van der Waals surface area contributed by atoms with Gasteiger partial charge < -0.3 is 9.84 Å². The molecule has 1 N–H and O–H groups in total. The first-order valence-corrected chi connectivity index (χ1v) is 4.63. The highest BCUT2D eigenvalue weighted by Crippen LogP contribution is 2.27. The van der Waals surface area contributed by atoms with Crippen LogP contribution in [-0.2, 0) is 0 Å². The Balaban J connectivity index is 2.92. The highest BCUT2D eigenvalue weighted by atomic mass is 35.5. The predicted octanol–water partition coefficient (Wildman–Crippen LogP) is 2.79. The van der Waals surface area contributed by atoms with Gasteiger partial charge in [0.25, 0.3) is 0 Å². The standard InChI is InChI=1S/C10H13ClO2/c1-3-13-10-5-4-8(7(2)12)6-9(10)11/h4-7,12H,3H2,1-2H3. The molecule has 0 bridgehead atoms. The van der Waals surface area contributed by atoms with Gasteiger partial charge in [0.2, 0.25) is 0 Å². The second-order valence-electron chi connectivity index (χ2n) is 2.80. The molecule has 0 radical (unpaired) electrons. The van der Waals surface area contributed by atoms with Gasteiger partial charge in [0.1, 0.15) is 5.75 Å². The van der Waals surface area contributed by atoms with Gasteiger partial charge in [-0.2, -0.15) is 0 Å². The summed E-state index contributed by atoms with van der Waals surface area (Å²) in [5, 5.41) is 9.81. The molecular weight excluding hydrogens is 188 g/mol. The molecule has 13 heavy (non-hydrogen) atoms. The molecule has 72 valence electrons. The van der Waals surface area contributed by atoms with E-state index in [2.05, 4.69) is 0 Å². The Morgan fingerprint density at radius 2 is 2.23 bits per heavy atom. The maximum Gasteiger partial charge on any atom is 0.137 e. The van der Waals surface area contributed by atoms with Crippen molar-refractivity contribution in [2.75, 3.05) is 6.61 Å². The zero-order valence-corrected chi connectivity index (χ0v) is 8.51. The van der Waals surface area contributed by atoms with E-state index in [1.165, 1.54) is 0 Å². The Hall–Kier alpha value is -0.730. The monoisotopic (exact) mass is 200 g/mol. The fourth-order valence-electron chi connectivity index (χ4n) is 1.05. The van der Waals surface area contributed by atoms with Crippen molar-refractivity contribution >= 4 is 11.6 Å². The van der Waals surface area contributed by atoms with E-state index in [-0.39, 0.29) is 0 Å². The first-order valence-electron chi connectivity index (χ1n) is 4.25. The van der Waals surface area contributed by atoms with E-state index in [4.69, 9.17) is 16.3 Å². The van der Waals surface area contributed by atoms with Gasteiger partial charge in [-0.25, -0.2) is 0 Å². The Morgan fingerprint density at radius 1 is 1.54 bits per heavy atom. The third kappa shape index (κ3) is 2.61. The number of aliphatic hydroxyl groups excluding tert-OH is 1. The van der Waals surface area contributed by atoms with Crippen LogP contribution in [0.25, 0.3) is 0 Å². The normalized spacial score (nSPS) is 12.6. The molecule has 1 unspecified atom stereocenters. The Labute approximate surface area is 83.1 Å². The van der Waals surface area contributed by atoms with Crippen LogP contribution in [0.1, 0.15) is 25.5 Å². The predicted molar refractivity (Wildman–Crippen MR) is 53.3 cm³/mol. The van der Waals surface area contributed by atoms with Crippen LogP contribution in [0.15, 0.2) is 18.2 Å². The average molecular weight is 201 g/mol. The van der Waals surface area contributed by atoms with Gasteiger partial charge in [-0.1, -0.05) is 17.7 Å². The van der Waals surface area contributed by atoms with Crippen molar-refractivity contribution in [2.45, 2.75) is 20.0 Å². The second kappa shape index (κ2) is 4.49. The minimum Gasteiger partial charge on any atom is -0.492 e. The average Bonchev–Trinajstić information content (AvgIpc) is 2.08. The lowest BCUT2D eigenvalue weighted by Gasteiger charge is -2.09. The zero-order chi connectivity index (χ0) is 9.84. The van der Waals surface area contributed by atoms with E-state index in [1.807, 2.05) is 13.0 Å². The Kier molecular flexibility index (Phi) is 3.58. The molecule has 0 aliphatic rings. The quantitative estimate of drug-likeness (QED) is 0.813. The van der Waals surface area contributed by atoms with E-state index in [1.54, 1.807) is 19.1 Å². The molecule has 0 aromatic heterocycles. The number of halogens is 1. The third-order valence-electron chi connectivity index (χ3n) is 1.74. The van der Waals surface area contributed by atoms with Gasteiger partial charge in [-0.15, -0.1) is 0 Å². The summed E-state index contributed by atoms with van der Waals surface area (Å²) in [6, 6.07) is 5.30. The van der Waals surface area contributed by atoms with Gasteiger partial charge in [0.05, 0.1) is 17.7 Å². The van der Waals surface area contributed by atoms with E-state index in [0.717, 1.165) is 5.56 Å². The Morgan fingerprint density at radius 3 is 2.69 bits per heavy atom. The summed E-state index contributed by atoms with van der Waals surface area (Å²) in [5.41, 5.74) is 0.799. The van der Waals surface area contributed by atoms with Crippen molar-refractivity contribution in [3.05, 3.63) is 28.8 Å². The van der Waals surface area contributed by atoms with Gasteiger partial charge >= 0.3 is 0 Å². The van der Waals surface area contributed by atoms with Crippen LogP contribution in [0.5, 0.6) is 5.75 Å². The summed E-state index contributed by atoms with van der Waals surface area (Å²) >= 11 is 5.92. The largest absolute Gasteiger partial charge is 0.492 e. The molecule has 1 rings (SSSR count). The molecule has 0 saturated carbocycles. The van der Waals surface area contributed by atoms with Crippen LogP contribution >= 0.6 is 11.6 Å². The highest BCUT2D eigenvalue weighted by molar-refractivity contribution is 6.32. The number of aliphatic hydroxyl groups is 1. The molecular formula is C10H13ClO2. The summed E-state index contributed by atoms with van der Waals surface area (Å²) in [6.07, 6.45) is -0.492. The summed E-state index contributed by atoms with van der Waals surface area (Å²) in [6.45, 7) is 4.19. The molecule has 0 spiro atoms. The molecule has 1 aromatic carbocycles. The fourth-order valence-corrected chi connectivity index (χ4v) is 1.29. The van der Waals surface area contributed by atoms with Crippen molar-refractivity contribution in [3.63, 3.8) is 0 Å². The maximum atomic E-state index is 9.27. The molecule has 0 amide bonds. The number of hydrogen-bond acceptors (Lipinski definition) is 2. The van der Waals surface area contributed by atoms with Crippen LogP contribution < -0.4 is 4.74 Å². The van der Waals surface area contributed by atoms with Crippen molar-refractivity contribution in [2.24, 2.45) is 0 Å². The molecule has 3 heteroatoms. The van der Waals surface area contributed by atoms with E-state index >= 15 is 0 Å².